The van der Waals surface area contributed by atoms with E-state index in [0.717, 1.165) is 46.5 Å². The number of thioether (sulfide) groups is 1. The maximum atomic E-state index is 12.8. The predicted molar refractivity (Wildman–Crippen MR) is 136 cm³/mol. The zero-order valence-electron chi connectivity index (χ0n) is 17.3. The van der Waals surface area contributed by atoms with Crippen LogP contribution in [-0.4, -0.2) is 16.6 Å². The topological polar surface area (TPSA) is 89.6 Å². The van der Waals surface area contributed by atoms with Crippen molar-refractivity contribution < 1.29 is 4.79 Å². The summed E-state index contributed by atoms with van der Waals surface area (Å²) in [6.45, 7) is 0. The van der Waals surface area contributed by atoms with Gasteiger partial charge in [-0.25, -0.2) is 4.98 Å². The summed E-state index contributed by atoms with van der Waals surface area (Å²) >= 11 is 5.91. The average Bonchev–Trinajstić information content (AvgIpc) is 3.62. The van der Waals surface area contributed by atoms with Gasteiger partial charge in [0.25, 0.3) is 0 Å². The molecule has 33 heavy (non-hydrogen) atoms. The molecule has 162 valence electrons. The molecule has 5 rings (SSSR count). The lowest BCUT2D eigenvalue weighted by atomic mass is 10.0. The van der Waals surface area contributed by atoms with Crippen molar-refractivity contribution in [2.45, 2.75) is 24.3 Å². The fourth-order valence-corrected chi connectivity index (χ4v) is 7.24. The minimum Gasteiger partial charge on any atom is -0.316 e. The second kappa shape index (κ2) is 9.50. The van der Waals surface area contributed by atoms with Crippen molar-refractivity contribution in [2.75, 3.05) is 11.1 Å². The lowest BCUT2D eigenvalue weighted by molar-refractivity contribution is -0.113. The molecule has 9 heteroatoms. The van der Waals surface area contributed by atoms with Gasteiger partial charge in [-0.05, 0) is 64.7 Å². The van der Waals surface area contributed by atoms with Crippen LogP contribution in [0.2, 0.25) is 0 Å². The first-order valence-electron chi connectivity index (χ1n) is 10.2. The summed E-state index contributed by atoms with van der Waals surface area (Å²) in [5.41, 5.74) is 4.73. The molecule has 1 N–H and O–H groups in total. The van der Waals surface area contributed by atoms with E-state index in [2.05, 4.69) is 17.5 Å². The first-order valence-corrected chi connectivity index (χ1v) is 13.8. The van der Waals surface area contributed by atoms with Gasteiger partial charge in [-0.2, -0.15) is 21.9 Å². The lowest BCUT2D eigenvalue weighted by Crippen LogP contribution is -2.14. The van der Waals surface area contributed by atoms with Crippen LogP contribution in [0.5, 0.6) is 0 Å². The van der Waals surface area contributed by atoms with E-state index in [0.29, 0.717) is 21.2 Å². The highest BCUT2D eigenvalue weighted by molar-refractivity contribution is 8.00. The molecule has 0 radical (unpaired) electrons. The van der Waals surface area contributed by atoms with Gasteiger partial charge >= 0.3 is 0 Å². The van der Waals surface area contributed by atoms with Gasteiger partial charge in [0, 0.05) is 10.4 Å². The Morgan fingerprint density at radius 2 is 2.06 bits per heavy atom. The van der Waals surface area contributed by atoms with Crippen molar-refractivity contribution in [3.8, 4) is 33.8 Å². The molecule has 4 aromatic rings. The highest BCUT2D eigenvalue weighted by Gasteiger charge is 2.23. The number of anilines is 1. The van der Waals surface area contributed by atoms with Crippen LogP contribution in [0.1, 0.15) is 28.0 Å². The molecule has 0 saturated heterocycles. The van der Waals surface area contributed by atoms with Gasteiger partial charge in [0.05, 0.1) is 27.5 Å². The number of rotatable bonds is 6. The third kappa shape index (κ3) is 4.33. The van der Waals surface area contributed by atoms with Crippen LogP contribution in [0.3, 0.4) is 0 Å². The SMILES string of the molecule is N#Cc1c(-c2ccsc2)cc(-c2cccs2)nc1SCC(=O)Nc1sc2c(c1C#N)CCC2. The van der Waals surface area contributed by atoms with Gasteiger partial charge in [-0.15, -0.1) is 22.7 Å². The summed E-state index contributed by atoms with van der Waals surface area (Å²) in [5, 5.41) is 29.5. The second-order valence-corrected chi connectivity index (χ2v) is 11.1. The number of nitrogens with zero attached hydrogens (tertiary/aromatic N) is 3. The van der Waals surface area contributed by atoms with E-state index >= 15 is 0 Å². The standard InChI is InChI=1S/C24H16N4OS4/c25-10-17-15-3-1-4-20(15)33-24(17)28-22(29)13-32-23-18(11-26)16(14-6-8-30-12-14)9-19(27-23)21-5-2-7-31-21/h2,5-9,12H,1,3-4,13H2,(H,28,29). The molecule has 0 atom stereocenters. The second-order valence-electron chi connectivity index (χ2n) is 7.35. The van der Waals surface area contributed by atoms with E-state index < -0.39 is 0 Å². The molecular weight excluding hydrogens is 489 g/mol. The fraction of sp³-hybridized carbons (Fsp3) is 0.167. The van der Waals surface area contributed by atoms with Gasteiger partial charge in [0.1, 0.15) is 22.2 Å². The summed E-state index contributed by atoms with van der Waals surface area (Å²) in [5.74, 6) is -0.104. The number of hydrogen-bond acceptors (Lipinski definition) is 8. The molecule has 0 saturated carbocycles. The largest absolute Gasteiger partial charge is 0.316 e. The number of carbonyl (C=O) groups excluding carboxylic acids is 1. The van der Waals surface area contributed by atoms with Crippen LogP contribution in [0, 0.1) is 22.7 Å². The minimum atomic E-state index is -0.208. The molecule has 1 aliphatic carbocycles. The maximum absolute atomic E-state index is 12.8. The van der Waals surface area contributed by atoms with Gasteiger partial charge in [-0.1, -0.05) is 17.8 Å². The molecular formula is C24H16N4OS4. The molecule has 0 aliphatic heterocycles. The van der Waals surface area contributed by atoms with Crippen molar-refractivity contribution in [3.63, 3.8) is 0 Å². The third-order valence-electron chi connectivity index (χ3n) is 5.33. The Kier molecular flexibility index (Phi) is 6.30. The first kappa shape index (κ1) is 21.9. The number of nitriles is 2. The summed E-state index contributed by atoms with van der Waals surface area (Å²) in [6, 6.07) is 12.4. The highest BCUT2D eigenvalue weighted by atomic mass is 32.2. The van der Waals surface area contributed by atoms with Crippen molar-refractivity contribution in [1.29, 1.82) is 10.5 Å². The molecule has 0 fully saturated rings. The van der Waals surface area contributed by atoms with Crippen molar-refractivity contribution >= 4 is 56.7 Å². The van der Waals surface area contributed by atoms with Crippen LogP contribution in [0.25, 0.3) is 21.7 Å². The van der Waals surface area contributed by atoms with Crippen LogP contribution in [0.15, 0.2) is 45.4 Å². The van der Waals surface area contributed by atoms with E-state index in [4.69, 9.17) is 4.98 Å². The van der Waals surface area contributed by atoms with Gasteiger partial charge in [0.15, 0.2) is 0 Å². The molecule has 0 unspecified atom stereocenters. The van der Waals surface area contributed by atoms with E-state index in [9.17, 15) is 15.3 Å². The van der Waals surface area contributed by atoms with Crippen molar-refractivity contribution in [3.05, 3.63) is 62.0 Å². The van der Waals surface area contributed by atoms with Gasteiger partial charge in [0.2, 0.25) is 5.91 Å². The summed E-state index contributed by atoms with van der Waals surface area (Å²) in [7, 11) is 0. The molecule has 0 bridgehead atoms. The Bertz CT molecular complexity index is 1410. The number of amides is 1. The fourth-order valence-electron chi connectivity index (χ4n) is 3.84. The number of carbonyl (C=O) groups is 1. The molecule has 1 aliphatic rings. The Morgan fingerprint density at radius 1 is 1.18 bits per heavy atom. The average molecular weight is 505 g/mol. The number of nitrogens with one attached hydrogen (secondary N) is 1. The first-order chi connectivity index (χ1) is 16.2. The van der Waals surface area contributed by atoms with Gasteiger partial charge < -0.3 is 5.32 Å². The number of fused-ring (bicyclic) bond motifs is 1. The Labute approximate surface area is 207 Å². The number of hydrogen-bond donors (Lipinski definition) is 1. The molecule has 1 amide bonds. The molecule has 4 aromatic heterocycles. The lowest BCUT2D eigenvalue weighted by Gasteiger charge is -2.11. The summed E-state index contributed by atoms with van der Waals surface area (Å²) < 4.78 is 0. The predicted octanol–water partition coefficient (Wildman–Crippen LogP) is 6.56. The maximum Gasteiger partial charge on any atom is 0.235 e. The zero-order valence-corrected chi connectivity index (χ0v) is 20.5. The smallest absolute Gasteiger partial charge is 0.235 e. The van der Waals surface area contributed by atoms with E-state index in [-0.39, 0.29) is 11.7 Å². The normalized spacial score (nSPS) is 12.2. The molecule has 0 spiro atoms. The number of aryl methyl sites for hydroxylation is 1. The van der Waals surface area contributed by atoms with E-state index in [1.807, 2.05) is 40.4 Å². The van der Waals surface area contributed by atoms with Crippen LogP contribution in [-0.2, 0) is 17.6 Å². The molecule has 5 nitrogen and oxygen atoms in total. The minimum absolute atomic E-state index is 0.103. The quantitative estimate of drug-likeness (QED) is 0.300. The Morgan fingerprint density at radius 3 is 2.79 bits per heavy atom. The zero-order chi connectivity index (χ0) is 22.8. The monoisotopic (exact) mass is 504 g/mol. The van der Waals surface area contributed by atoms with Crippen molar-refractivity contribution in [2.24, 2.45) is 0 Å². The third-order valence-corrected chi connectivity index (χ3v) is 9.09. The molecule has 4 heterocycles. The summed E-state index contributed by atoms with van der Waals surface area (Å²) in [6.07, 6.45) is 2.93. The highest BCUT2D eigenvalue weighted by Crippen LogP contribution is 2.39. The number of aromatic nitrogens is 1. The number of thiophene rings is 3. The van der Waals surface area contributed by atoms with Crippen LogP contribution in [0.4, 0.5) is 5.00 Å². The van der Waals surface area contributed by atoms with Crippen molar-refractivity contribution in [1.82, 2.24) is 4.98 Å². The van der Waals surface area contributed by atoms with E-state index in [1.54, 1.807) is 22.7 Å². The summed E-state index contributed by atoms with van der Waals surface area (Å²) in [4.78, 5) is 19.7. The Balaban J connectivity index is 1.42. The molecule has 0 aromatic carbocycles. The van der Waals surface area contributed by atoms with Gasteiger partial charge in [-0.3, -0.25) is 4.79 Å². The van der Waals surface area contributed by atoms with E-state index in [1.165, 1.54) is 28.0 Å². The van der Waals surface area contributed by atoms with Crippen LogP contribution >= 0.6 is 45.8 Å². The van der Waals surface area contributed by atoms with Crippen LogP contribution < -0.4 is 5.32 Å². The Hall–Kier alpha value is -2.95. The number of pyridine rings is 1.